The van der Waals surface area contributed by atoms with Crippen molar-refractivity contribution in [2.24, 2.45) is 0 Å². The Morgan fingerprint density at radius 3 is 1.43 bits per heavy atom. The third-order valence-corrected chi connectivity index (χ3v) is 10.1. The van der Waals surface area contributed by atoms with Crippen LogP contribution >= 0.6 is 0 Å². The lowest BCUT2D eigenvalue weighted by Gasteiger charge is -2.33. The van der Waals surface area contributed by atoms with Crippen LogP contribution in [0.5, 0.6) is 0 Å². The summed E-state index contributed by atoms with van der Waals surface area (Å²) in [6.45, 7) is 6.83. The summed E-state index contributed by atoms with van der Waals surface area (Å²) in [5, 5.41) is 5.07. The Kier molecular flexibility index (Phi) is 6.78. The number of anilines is 3. The quantitative estimate of drug-likeness (QED) is 0.183. The van der Waals surface area contributed by atoms with Crippen molar-refractivity contribution in [3.05, 3.63) is 175 Å². The zero-order valence-electron chi connectivity index (χ0n) is 28.1. The van der Waals surface area contributed by atoms with E-state index in [9.17, 15) is 0 Å². The number of nitrogens with zero attached hydrogens (tertiary/aromatic N) is 1. The van der Waals surface area contributed by atoms with Crippen LogP contribution in [-0.4, -0.2) is 0 Å². The number of benzene rings is 8. The van der Waals surface area contributed by atoms with Crippen LogP contribution in [0.2, 0.25) is 0 Å². The third-order valence-electron chi connectivity index (χ3n) is 10.1. The molecule has 0 aliphatic heterocycles. The predicted octanol–water partition coefficient (Wildman–Crippen LogP) is 13.7. The van der Waals surface area contributed by atoms with Crippen molar-refractivity contribution < 1.29 is 0 Å². The molecule has 0 spiro atoms. The fraction of sp³-hybridized carbons (Fsp3) is 0.0833. The van der Waals surface area contributed by atoms with Crippen molar-refractivity contribution in [2.45, 2.75) is 26.2 Å². The fourth-order valence-electron chi connectivity index (χ4n) is 7.70. The lowest BCUT2D eigenvalue weighted by atomic mass is 9.70. The zero-order chi connectivity index (χ0) is 33.1. The van der Waals surface area contributed by atoms with Crippen molar-refractivity contribution in [2.75, 3.05) is 4.90 Å². The summed E-state index contributed by atoms with van der Waals surface area (Å²) in [6, 6.07) is 62.3. The molecular formula is C48H37N. The van der Waals surface area contributed by atoms with Gasteiger partial charge in [-0.2, -0.15) is 0 Å². The molecular weight excluding hydrogens is 591 g/mol. The molecule has 234 valence electrons. The molecule has 9 rings (SSSR count). The first-order valence-corrected chi connectivity index (χ1v) is 17.2. The lowest BCUT2D eigenvalue weighted by molar-refractivity contribution is 0.590. The zero-order valence-corrected chi connectivity index (χ0v) is 28.1. The van der Waals surface area contributed by atoms with Crippen molar-refractivity contribution >= 4 is 38.6 Å². The second-order valence-electron chi connectivity index (χ2n) is 14.2. The van der Waals surface area contributed by atoms with Gasteiger partial charge >= 0.3 is 0 Å². The van der Waals surface area contributed by atoms with E-state index in [0.717, 1.165) is 17.1 Å². The van der Waals surface area contributed by atoms with Gasteiger partial charge in [0.2, 0.25) is 0 Å². The molecule has 1 nitrogen and oxygen atoms in total. The third kappa shape index (κ3) is 4.85. The monoisotopic (exact) mass is 627 g/mol. The molecule has 1 aliphatic rings. The van der Waals surface area contributed by atoms with Crippen LogP contribution in [0.25, 0.3) is 66.1 Å². The second kappa shape index (κ2) is 11.4. The molecule has 0 N–H and O–H groups in total. The molecule has 8 aromatic carbocycles. The fourth-order valence-corrected chi connectivity index (χ4v) is 7.70. The Morgan fingerprint density at radius 2 is 0.857 bits per heavy atom. The first-order valence-electron chi connectivity index (χ1n) is 17.2. The summed E-state index contributed by atoms with van der Waals surface area (Å²) < 4.78 is 0. The van der Waals surface area contributed by atoms with Gasteiger partial charge < -0.3 is 4.90 Å². The van der Waals surface area contributed by atoms with Crippen molar-refractivity contribution in [1.29, 1.82) is 0 Å². The molecule has 0 amide bonds. The first-order chi connectivity index (χ1) is 24.0. The smallest absolute Gasteiger partial charge is 0.0468 e. The molecule has 0 aromatic heterocycles. The van der Waals surface area contributed by atoms with Crippen molar-refractivity contribution in [3.8, 4) is 44.5 Å². The molecule has 0 saturated carbocycles. The SMILES string of the molecule is CC(C)(C)c1cccc(N(c2ccccc2)c2ccc3cc4c(cc3c2)-c2c-4c(-c3ccccc3)c3ccccc3c2-c2ccccc2)c1. The Balaban J connectivity index is 1.28. The number of fused-ring (bicyclic) bond motifs is 6. The highest BCUT2D eigenvalue weighted by Gasteiger charge is 2.32. The normalized spacial score (nSPS) is 12.0. The topological polar surface area (TPSA) is 3.24 Å². The van der Waals surface area contributed by atoms with Crippen LogP contribution < -0.4 is 4.90 Å². The van der Waals surface area contributed by atoms with Crippen LogP contribution in [0.1, 0.15) is 26.3 Å². The minimum atomic E-state index is 0.0523. The second-order valence-corrected chi connectivity index (χ2v) is 14.2. The Morgan fingerprint density at radius 1 is 0.367 bits per heavy atom. The van der Waals surface area contributed by atoms with Gasteiger partial charge in [-0.05, 0) is 126 Å². The van der Waals surface area contributed by atoms with E-state index < -0.39 is 0 Å². The number of hydrogen-bond acceptors (Lipinski definition) is 1. The molecule has 0 fully saturated rings. The predicted molar refractivity (Wildman–Crippen MR) is 210 cm³/mol. The molecule has 0 bridgehead atoms. The molecule has 8 aromatic rings. The largest absolute Gasteiger partial charge is 0.310 e. The van der Waals surface area contributed by atoms with E-state index in [1.807, 2.05) is 0 Å². The van der Waals surface area contributed by atoms with Crippen LogP contribution in [0.3, 0.4) is 0 Å². The van der Waals surface area contributed by atoms with Gasteiger partial charge in [-0.3, -0.25) is 0 Å². The van der Waals surface area contributed by atoms with Gasteiger partial charge in [0.15, 0.2) is 0 Å². The van der Waals surface area contributed by atoms with Gasteiger partial charge in [0.05, 0.1) is 0 Å². The van der Waals surface area contributed by atoms with E-state index in [2.05, 4.69) is 196 Å². The van der Waals surface area contributed by atoms with Crippen LogP contribution in [-0.2, 0) is 5.41 Å². The molecule has 0 unspecified atom stereocenters. The van der Waals surface area contributed by atoms with E-state index in [1.54, 1.807) is 0 Å². The van der Waals surface area contributed by atoms with Gasteiger partial charge in [-0.25, -0.2) is 0 Å². The summed E-state index contributed by atoms with van der Waals surface area (Å²) in [7, 11) is 0. The van der Waals surface area contributed by atoms with E-state index in [4.69, 9.17) is 0 Å². The first kappa shape index (κ1) is 29.2. The van der Waals surface area contributed by atoms with Crippen LogP contribution in [0, 0.1) is 0 Å². The number of rotatable bonds is 5. The Hall–Kier alpha value is -5.92. The average Bonchev–Trinajstić information content (AvgIpc) is 3.14. The standard InChI is InChI=1S/C48H37N/c1-48(2,3)36-20-15-23-38(31-36)49(37-21-11-6-12-22-37)39-27-26-34-29-42-43(30-35(34)28-39)47-45(33-18-9-5-10-19-33)41-25-14-13-24-40(41)44(46(42)47)32-16-7-4-8-17-32/h4-31H,1-3H3. The highest BCUT2D eigenvalue weighted by molar-refractivity contribution is 6.26. The summed E-state index contributed by atoms with van der Waals surface area (Å²) in [5.41, 5.74) is 15.3. The number of para-hydroxylation sites is 1. The Labute approximate surface area is 288 Å². The van der Waals surface area contributed by atoms with Crippen molar-refractivity contribution in [3.63, 3.8) is 0 Å². The molecule has 0 atom stereocenters. The lowest BCUT2D eigenvalue weighted by Crippen LogP contribution is -2.14. The maximum absolute atomic E-state index is 2.43. The molecule has 0 heterocycles. The highest BCUT2D eigenvalue weighted by Crippen LogP contribution is 2.59. The van der Waals surface area contributed by atoms with E-state index in [0.29, 0.717) is 0 Å². The van der Waals surface area contributed by atoms with Gasteiger partial charge in [-0.1, -0.05) is 142 Å². The number of hydrogen-bond donors (Lipinski definition) is 0. The summed E-state index contributed by atoms with van der Waals surface area (Å²) in [4.78, 5) is 2.39. The maximum Gasteiger partial charge on any atom is 0.0468 e. The van der Waals surface area contributed by atoms with E-state index in [1.165, 1.54) is 71.6 Å². The Bertz CT molecular complexity index is 2500. The van der Waals surface area contributed by atoms with E-state index >= 15 is 0 Å². The highest BCUT2D eigenvalue weighted by atomic mass is 15.1. The minimum absolute atomic E-state index is 0.0523. The van der Waals surface area contributed by atoms with Gasteiger partial charge in [-0.15, -0.1) is 0 Å². The van der Waals surface area contributed by atoms with Gasteiger partial charge in [0.1, 0.15) is 0 Å². The maximum atomic E-state index is 2.43. The van der Waals surface area contributed by atoms with E-state index in [-0.39, 0.29) is 5.41 Å². The minimum Gasteiger partial charge on any atom is -0.310 e. The van der Waals surface area contributed by atoms with Crippen LogP contribution in [0.15, 0.2) is 170 Å². The van der Waals surface area contributed by atoms with Gasteiger partial charge in [0, 0.05) is 17.1 Å². The average molecular weight is 628 g/mol. The summed E-state index contributed by atoms with van der Waals surface area (Å²) in [5.74, 6) is 0. The molecule has 49 heavy (non-hydrogen) atoms. The summed E-state index contributed by atoms with van der Waals surface area (Å²) in [6.07, 6.45) is 0. The van der Waals surface area contributed by atoms with Gasteiger partial charge in [0.25, 0.3) is 0 Å². The summed E-state index contributed by atoms with van der Waals surface area (Å²) >= 11 is 0. The molecule has 1 heteroatoms. The molecule has 0 radical (unpaired) electrons. The van der Waals surface area contributed by atoms with Crippen LogP contribution in [0.4, 0.5) is 17.1 Å². The molecule has 0 saturated heterocycles. The molecule has 1 aliphatic carbocycles. The van der Waals surface area contributed by atoms with Crippen molar-refractivity contribution in [1.82, 2.24) is 0 Å².